The second kappa shape index (κ2) is 17.0. The predicted molar refractivity (Wildman–Crippen MR) is 170 cm³/mol. The molecule has 4 aromatic rings. The first-order chi connectivity index (χ1) is 23.7. The van der Waals surface area contributed by atoms with Gasteiger partial charge in [0, 0.05) is 11.7 Å². The molecule has 274 valence electrons. The number of hydrogen-bond donors (Lipinski definition) is 1. The smallest absolute Gasteiger partial charge is 0.445 e. The Balaban J connectivity index is 0.000000277. The molecule has 0 aliphatic rings. The molecule has 1 N–H and O–H groups in total. The van der Waals surface area contributed by atoms with Gasteiger partial charge in [-0.15, -0.1) is 5.10 Å². The molecular formula is C31H24Cl2F7N3O7S. The molecular weight excluding hydrogens is 762 g/mol. The monoisotopic (exact) mass is 785 g/mol. The third-order valence-corrected chi connectivity index (χ3v) is 7.64. The first-order valence-corrected chi connectivity index (χ1v) is 15.6. The van der Waals surface area contributed by atoms with Crippen LogP contribution >= 0.6 is 34.5 Å². The largest absolute Gasteiger partial charge is 0.479 e. The Morgan fingerprint density at radius 3 is 2.06 bits per heavy atom. The van der Waals surface area contributed by atoms with Crippen molar-refractivity contribution in [2.45, 2.75) is 45.3 Å². The van der Waals surface area contributed by atoms with Gasteiger partial charge >= 0.3 is 24.3 Å². The molecule has 0 fully saturated rings. The molecule has 0 unspecified atom stereocenters. The van der Waals surface area contributed by atoms with Gasteiger partial charge in [0.05, 0.1) is 21.2 Å². The molecule has 0 bridgehead atoms. The summed E-state index contributed by atoms with van der Waals surface area (Å²) in [5, 5.41) is 13.2. The highest BCUT2D eigenvalue weighted by atomic mass is 35.5. The Morgan fingerprint density at radius 2 is 1.53 bits per heavy atom. The number of amides is 1. The third-order valence-electron chi connectivity index (χ3n) is 6.13. The normalized spacial score (nSPS) is 12.0. The first kappa shape index (κ1) is 40.7. The second-order valence-corrected chi connectivity index (χ2v) is 12.0. The van der Waals surface area contributed by atoms with E-state index in [4.69, 9.17) is 42.5 Å². The molecule has 0 radical (unpaired) electrons. The van der Waals surface area contributed by atoms with E-state index in [9.17, 15) is 45.1 Å². The number of carbonyl (C=O) groups is 3. The predicted octanol–water partition coefficient (Wildman–Crippen LogP) is 8.95. The maximum atomic E-state index is 13.0. The lowest BCUT2D eigenvalue weighted by molar-refractivity contribution is -0.146. The van der Waals surface area contributed by atoms with E-state index in [2.05, 4.69) is 10.2 Å². The van der Waals surface area contributed by atoms with E-state index in [0.717, 1.165) is 25.1 Å². The number of nitrogens with zero attached hydrogens (tertiary/aromatic N) is 3. The maximum absolute atomic E-state index is 13.0. The maximum Gasteiger partial charge on any atom is 0.445 e. The van der Waals surface area contributed by atoms with Crippen LogP contribution in [0, 0.1) is 5.82 Å². The molecule has 10 nitrogen and oxygen atoms in total. The Labute approximate surface area is 298 Å². The van der Waals surface area contributed by atoms with Crippen LogP contribution < -0.4 is 14.4 Å². The topological polar surface area (TPSA) is 128 Å². The van der Waals surface area contributed by atoms with Crippen molar-refractivity contribution < 1.29 is 64.4 Å². The van der Waals surface area contributed by atoms with Gasteiger partial charge in [-0.2, -0.15) is 26.3 Å². The van der Waals surface area contributed by atoms with Gasteiger partial charge in [-0.05, 0) is 81.4 Å². The van der Waals surface area contributed by atoms with Crippen molar-refractivity contribution in [2.75, 3.05) is 11.5 Å². The lowest BCUT2D eigenvalue weighted by Gasteiger charge is -2.26. The first-order valence-electron chi connectivity index (χ1n) is 14.1. The number of alkyl halides is 6. The summed E-state index contributed by atoms with van der Waals surface area (Å²) in [7, 11) is 0. The van der Waals surface area contributed by atoms with E-state index in [1.165, 1.54) is 41.3 Å². The SMILES string of the molecule is CC(C)N(C(=O)COc1nnc(C(F)(F)F)s1)c1ccc(F)cc1.C[C@H](OC(=O)c1cc(Oc2ccc(C(F)(F)F)cc2Cl)ccc1Cl)C(=O)O. The minimum atomic E-state index is -4.61. The van der Waals surface area contributed by atoms with Gasteiger partial charge in [0.15, 0.2) is 12.7 Å². The highest BCUT2D eigenvalue weighted by Gasteiger charge is 2.36. The van der Waals surface area contributed by atoms with Gasteiger partial charge in [0.2, 0.25) is 5.01 Å². The van der Waals surface area contributed by atoms with Crippen LogP contribution in [0.3, 0.4) is 0 Å². The Morgan fingerprint density at radius 1 is 0.882 bits per heavy atom. The zero-order chi connectivity index (χ0) is 38.3. The molecule has 0 aliphatic heterocycles. The standard InChI is InChI=1S/C17H11Cl2F3O5.C14H13F4N3O2S/c1-8(15(23)24)26-16(25)11-7-10(3-4-12(11)18)27-14-5-2-9(6-13(14)19)17(20,21)22;1-8(2)21(10-5-3-9(15)4-6-10)11(22)7-23-13-20-19-12(24-13)14(16,17)18/h2-8H,1H3,(H,23,24);3-6,8H,7H2,1-2H3/t8-;/m0./s1. The highest BCUT2D eigenvalue weighted by molar-refractivity contribution is 7.13. The summed E-state index contributed by atoms with van der Waals surface area (Å²) in [5.74, 6) is -3.33. The molecule has 0 spiro atoms. The molecule has 4 rings (SSSR count). The van der Waals surface area contributed by atoms with Gasteiger partial charge in [-0.1, -0.05) is 39.6 Å². The average Bonchev–Trinajstić information content (AvgIpc) is 3.53. The molecule has 1 amide bonds. The van der Waals surface area contributed by atoms with Crippen molar-refractivity contribution in [1.82, 2.24) is 10.2 Å². The summed E-state index contributed by atoms with van der Waals surface area (Å²) in [6, 6.07) is 11.4. The lowest BCUT2D eigenvalue weighted by Crippen LogP contribution is -2.40. The molecule has 3 aromatic carbocycles. The third kappa shape index (κ3) is 11.7. The van der Waals surface area contributed by atoms with Crippen LogP contribution in [-0.4, -0.2) is 51.9 Å². The van der Waals surface area contributed by atoms with E-state index < -0.39 is 59.3 Å². The number of carbonyl (C=O) groups excluding carboxylic acids is 2. The van der Waals surface area contributed by atoms with E-state index in [1.54, 1.807) is 13.8 Å². The summed E-state index contributed by atoms with van der Waals surface area (Å²) >= 11 is 11.9. The number of aromatic nitrogens is 2. The number of anilines is 1. The second-order valence-electron chi connectivity index (χ2n) is 10.3. The number of benzene rings is 3. The van der Waals surface area contributed by atoms with E-state index in [-0.39, 0.29) is 49.7 Å². The van der Waals surface area contributed by atoms with Crippen LogP contribution in [0.25, 0.3) is 0 Å². The summed E-state index contributed by atoms with van der Waals surface area (Å²) in [6.07, 6.45) is -10.6. The number of esters is 1. The number of aliphatic carboxylic acids is 1. The number of ether oxygens (including phenoxy) is 3. The lowest BCUT2D eigenvalue weighted by atomic mass is 10.2. The molecule has 1 aromatic heterocycles. The van der Waals surface area contributed by atoms with Gasteiger partial charge < -0.3 is 24.2 Å². The zero-order valence-corrected chi connectivity index (χ0v) is 28.5. The van der Waals surface area contributed by atoms with Gasteiger partial charge in [0.1, 0.15) is 17.3 Å². The molecule has 20 heteroatoms. The molecule has 0 saturated carbocycles. The van der Waals surface area contributed by atoms with E-state index in [0.29, 0.717) is 11.8 Å². The Bertz CT molecular complexity index is 1860. The number of carboxylic acid groups (broad SMARTS) is 1. The molecule has 1 heterocycles. The van der Waals surface area contributed by atoms with Crippen molar-refractivity contribution in [2.24, 2.45) is 0 Å². The molecule has 0 aliphatic carbocycles. The molecule has 1 atom stereocenters. The van der Waals surface area contributed by atoms with Crippen LogP contribution in [0.4, 0.5) is 36.4 Å². The Hall–Kier alpha value is -4.68. The van der Waals surface area contributed by atoms with Crippen LogP contribution in [0.15, 0.2) is 60.7 Å². The minimum absolute atomic E-state index is 0.0246. The van der Waals surface area contributed by atoms with Crippen LogP contribution in [0.5, 0.6) is 16.7 Å². The molecule has 0 saturated heterocycles. The fourth-order valence-electron chi connectivity index (χ4n) is 3.79. The van der Waals surface area contributed by atoms with Gasteiger partial charge in [0.25, 0.3) is 11.1 Å². The van der Waals surface area contributed by atoms with E-state index >= 15 is 0 Å². The average molecular weight is 787 g/mol. The number of carboxylic acids is 1. The minimum Gasteiger partial charge on any atom is -0.479 e. The van der Waals surface area contributed by atoms with Gasteiger partial charge in [-0.25, -0.2) is 14.0 Å². The van der Waals surface area contributed by atoms with E-state index in [1.807, 2.05) is 0 Å². The quantitative estimate of drug-likeness (QED) is 0.124. The van der Waals surface area contributed by atoms with Crippen molar-refractivity contribution in [3.05, 3.63) is 92.7 Å². The van der Waals surface area contributed by atoms with Crippen LogP contribution in [0.2, 0.25) is 10.0 Å². The fraction of sp³-hybridized carbons (Fsp3) is 0.258. The summed E-state index contributed by atoms with van der Waals surface area (Å²) in [6.45, 7) is 4.14. The number of halogens is 9. The van der Waals surface area contributed by atoms with Crippen molar-refractivity contribution in [3.8, 4) is 16.7 Å². The van der Waals surface area contributed by atoms with Crippen molar-refractivity contribution in [3.63, 3.8) is 0 Å². The summed E-state index contributed by atoms with van der Waals surface area (Å²) < 4.78 is 103. The van der Waals surface area contributed by atoms with Crippen LogP contribution in [-0.2, 0) is 26.7 Å². The summed E-state index contributed by atoms with van der Waals surface area (Å²) in [4.78, 5) is 36.4. The summed E-state index contributed by atoms with van der Waals surface area (Å²) in [5.41, 5.74) is -0.665. The highest BCUT2D eigenvalue weighted by Crippen LogP contribution is 2.37. The number of rotatable bonds is 10. The zero-order valence-electron chi connectivity index (χ0n) is 26.2. The van der Waals surface area contributed by atoms with Crippen molar-refractivity contribution >= 4 is 58.1 Å². The number of hydrogen-bond acceptors (Lipinski definition) is 9. The van der Waals surface area contributed by atoms with Gasteiger partial charge in [-0.3, -0.25) is 4.79 Å². The van der Waals surface area contributed by atoms with Crippen LogP contribution in [0.1, 0.15) is 41.7 Å². The molecule has 51 heavy (non-hydrogen) atoms. The Kier molecular flexibility index (Phi) is 13.6. The van der Waals surface area contributed by atoms with Crippen molar-refractivity contribution in [1.29, 1.82) is 0 Å². The fourth-order valence-corrected chi connectivity index (χ4v) is 4.77.